The first kappa shape index (κ1) is 9.39. The molecule has 1 aliphatic rings. The van der Waals surface area contributed by atoms with Gasteiger partial charge in [0.15, 0.2) is 0 Å². The number of oxime groups is 1. The number of aromatic nitrogens is 2. The topological polar surface area (TPSA) is 50.4 Å². The highest BCUT2D eigenvalue weighted by Gasteiger charge is 2.38. The van der Waals surface area contributed by atoms with Gasteiger partial charge >= 0.3 is 0 Å². The molecule has 16 heavy (non-hydrogen) atoms. The summed E-state index contributed by atoms with van der Waals surface area (Å²) in [5.41, 5.74) is 2.35. The molecule has 1 N–H and O–H groups in total. The van der Waals surface area contributed by atoms with E-state index >= 15 is 0 Å². The Morgan fingerprint density at radius 3 is 3.25 bits per heavy atom. The van der Waals surface area contributed by atoms with Crippen molar-refractivity contribution in [3.8, 4) is 0 Å². The zero-order chi connectivity index (χ0) is 11.1. The van der Waals surface area contributed by atoms with Crippen molar-refractivity contribution in [2.45, 2.75) is 12.3 Å². The molecule has 2 unspecified atom stereocenters. The Morgan fingerprint density at radius 1 is 1.56 bits per heavy atom. The van der Waals surface area contributed by atoms with E-state index in [0.717, 1.165) is 11.9 Å². The Labute approximate surface area is 93.2 Å². The Balaban J connectivity index is 2.04. The van der Waals surface area contributed by atoms with Gasteiger partial charge < -0.3 is 5.21 Å². The standard InChI is InChI=1S/C12H13N3O/c1-15-7-11-9(3-2-4-12(11)14-15)10-5-8(10)6-13-16/h2-4,6-8,10,16H,5H2,1H3/b13-6+. The number of fused-ring (bicyclic) bond motifs is 1. The molecular weight excluding hydrogens is 202 g/mol. The summed E-state index contributed by atoms with van der Waals surface area (Å²) in [5.74, 6) is 0.875. The molecule has 0 amide bonds. The fraction of sp³-hybridized carbons (Fsp3) is 0.333. The van der Waals surface area contributed by atoms with Crippen LogP contribution in [-0.2, 0) is 7.05 Å². The molecule has 4 heteroatoms. The summed E-state index contributed by atoms with van der Waals surface area (Å²) >= 11 is 0. The average molecular weight is 215 g/mol. The van der Waals surface area contributed by atoms with Crippen LogP contribution in [-0.4, -0.2) is 21.2 Å². The van der Waals surface area contributed by atoms with Crippen molar-refractivity contribution in [1.29, 1.82) is 0 Å². The molecule has 0 aliphatic heterocycles. The predicted octanol–water partition coefficient (Wildman–Crippen LogP) is 2.14. The first-order valence-corrected chi connectivity index (χ1v) is 5.39. The molecule has 1 fully saturated rings. The fourth-order valence-electron chi connectivity index (χ4n) is 2.33. The van der Waals surface area contributed by atoms with E-state index in [2.05, 4.69) is 22.5 Å². The van der Waals surface area contributed by atoms with Crippen LogP contribution in [0, 0.1) is 5.92 Å². The van der Waals surface area contributed by atoms with E-state index in [0.29, 0.717) is 11.8 Å². The van der Waals surface area contributed by atoms with Crippen LogP contribution in [0.3, 0.4) is 0 Å². The van der Waals surface area contributed by atoms with Gasteiger partial charge in [0.25, 0.3) is 0 Å². The molecule has 1 aromatic heterocycles. The number of nitrogens with zero attached hydrogens (tertiary/aromatic N) is 3. The minimum Gasteiger partial charge on any atom is -0.411 e. The lowest BCUT2D eigenvalue weighted by molar-refractivity contribution is 0.320. The van der Waals surface area contributed by atoms with Gasteiger partial charge in [0.1, 0.15) is 0 Å². The van der Waals surface area contributed by atoms with Crippen LogP contribution in [0.1, 0.15) is 17.9 Å². The molecule has 1 aliphatic carbocycles. The van der Waals surface area contributed by atoms with E-state index in [1.807, 2.05) is 23.9 Å². The molecule has 0 saturated heterocycles. The SMILES string of the molecule is Cn1cc2c(C3CC3/C=N/O)cccc2n1. The summed E-state index contributed by atoms with van der Waals surface area (Å²) in [6.45, 7) is 0. The molecule has 2 aromatic rings. The van der Waals surface area contributed by atoms with E-state index in [9.17, 15) is 0 Å². The Kier molecular flexibility index (Phi) is 1.96. The molecule has 0 bridgehead atoms. The molecule has 1 aromatic carbocycles. The van der Waals surface area contributed by atoms with Gasteiger partial charge in [0, 0.05) is 30.8 Å². The quantitative estimate of drug-likeness (QED) is 0.474. The van der Waals surface area contributed by atoms with Gasteiger partial charge in [-0.2, -0.15) is 5.10 Å². The maximum absolute atomic E-state index is 8.51. The van der Waals surface area contributed by atoms with Gasteiger partial charge in [-0.1, -0.05) is 12.1 Å². The van der Waals surface area contributed by atoms with Gasteiger partial charge in [0.05, 0.1) is 5.52 Å². The van der Waals surface area contributed by atoms with Gasteiger partial charge in [-0.25, -0.2) is 0 Å². The largest absolute Gasteiger partial charge is 0.411 e. The summed E-state index contributed by atoms with van der Waals surface area (Å²) in [4.78, 5) is 0. The van der Waals surface area contributed by atoms with Crippen molar-refractivity contribution < 1.29 is 5.21 Å². The second-order valence-corrected chi connectivity index (χ2v) is 4.35. The van der Waals surface area contributed by atoms with Crippen LogP contribution >= 0.6 is 0 Å². The maximum atomic E-state index is 8.51. The molecule has 3 rings (SSSR count). The lowest BCUT2D eigenvalue weighted by Gasteiger charge is -1.99. The second-order valence-electron chi connectivity index (χ2n) is 4.35. The molecule has 1 heterocycles. The molecule has 0 spiro atoms. The fourth-order valence-corrected chi connectivity index (χ4v) is 2.33. The van der Waals surface area contributed by atoms with Crippen LogP contribution in [0.4, 0.5) is 0 Å². The smallest absolute Gasteiger partial charge is 0.0926 e. The van der Waals surface area contributed by atoms with Crippen molar-refractivity contribution >= 4 is 17.1 Å². The van der Waals surface area contributed by atoms with Gasteiger partial charge in [-0.3, -0.25) is 4.68 Å². The summed E-state index contributed by atoms with van der Waals surface area (Å²) in [7, 11) is 1.93. The Hall–Kier alpha value is -1.84. The van der Waals surface area contributed by atoms with Crippen LogP contribution in [0.2, 0.25) is 0 Å². The van der Waals surface area contributed by atoms with Gasteiger partial charge in [0.2, 0.25) is 0 Å². The first-order chi connectivity index (χ1) is 7.79. The Bertz CT molecular complexity index is 558. The first-order valence-electron chi connectivity index (χ1n) is 5.39. The summed E-state index contributed by atoms with van der Waals surface area (Å²) in [6.07, 6.45) is 4.74. The number of hydrogen-bond acceptors (Lipinski definition) is 3. The molecule has 2 atom stereocenters. The zero-order valence-electron chi connectivity index (χ0n) is 9.04. The number of aryl methyl sites for hydroxylation is 1. The molecule has 4 nitrogen and oxygen atoms in total. The van der Waals surface area contributed by atoms with Crippen LogP contribution in [0.15, 0.2) is 29.6 Å². The third-order valence-corrected chi connectivity index (χ3v) is 3.20. The predicted molar refractivity (Wildman–Crippen MR) is 61.8 cm³/mol. The van der Waals surface area contributed by atoms with E-state index in [1.165, 1.54) is 10.9 Å². The molecule has 1 saturated carbocycles. The number of benzene rings is 1. The van der Waals surface area contributed by atoms with E-state index in [4.69, 9.17) is 5.21 Å². The van der Waals surface area contributed by atoms with Crippen LogP contribution in [0.25, 0.3) is 10.9 Å². The van der Waals surface area contributed by atoms with Crippen molar-refractivity contribution in [2.75, 3.05) is 0 Å². The number of hydrogen-bond donors (Lipinski definition) is 1. The summed E-state index contributed by atoms with van der Waals surface area (Å²) in [6, 6.07) is 6.20. The van der Waals surface area contributed by atoms with Crippen LogP contribution < -0.4 is 0 Å². The average Bonchev–Trinajstić information content (AvgIpc) is 2.90. The third-order valence-electron chi connectivity index (χ3n) is 3.20. The summed E-state index contributed by atoms with van der Waals surface area (Å²) in [5, 5.41) is 17.2. The van der Waals surface area contributed by atoms with Gasteiger partial charge in [-0.05, 0) is 24.0 Å². The van der Waals surface area contributed by atoms with Crippen molar-refractivity contribution in [3.05, 3.63) is 30.0 Å². The van der Waals surface area contributed by atoms with Crippen LogP contribution in [0.5, 0.6) is 0 Å². The Morgan fingerprint density at radius 2 is 2.44 bits per heavy atom. The lowest BCUT2D eigenvalue weighted by Crippen LogP contribution is -1.85. The minimum absolute atomic E-state index is 0.385. The highest BCUT2D eigenvalue weighted by molar-refractivity contribution is 5.84. The van der Waals surface area contributed by atoms with Crippen molar-refractivity contribution in [2.24, 2.45) is 18.1 Å². The van der Waals surface area contributed by atoms with Crippen molar-refractivity contribution in [1.82, 2.24) is 9.78 Å². The van der Waals surface area contributed by atoms with Gasteiger partial charge in [-0.15, -0.1) is 5.16 Å². The van der Waals surface area contributed by atoms with Crippen molar-refractivity contribution in [3.63, 3.8) is 0 Å². The molecule has 82 valence electrons. The summed E-state index contributed by atoms with van der Waals surface area (Å²) < 4.78 is 1.84. The third kappa shape index (κ3) is 1.38. The number of rotatable bonds is 2. The zero-order valence-corrected chi connectivity index (χ0v) is 9.04. The van der Waals surface area contributed by atoms with E-state index in [1.54, 1.807) is 6.21 Å². The lowest BCUT2D eigenvalue weighted by atomic mass is 10.1. The van der Waals surface area contributed by atoms with E-state index in [-0.39, 0.29) is 0 Å². The monoisotopic (exact) mass is 215 g/mol. The molecular formula is C12H13N3O. The highest BCUT2D eigenvalue weighted by atomic mass is 16.4. The molecule has 0 radical (unpaired) electrons. The van der Waals surface area contributed by atoms with E-state index < -0.39 is 0 Å². The minimum atomic E-state index is 0.385. The second kappa shape index (κ2) is 3.33. The normalized spacial score (nSPS) is 24.3. The maximum Gasteiger partial charge on any atom is 0.0926 e. The highest BCUT2D eigenvalue weighted by Crippen LogP contribution is 2.48.